The van der Waals surface area contributed by atoms with Crippen LogP contribution < -0.4 is 10.1 Å². The Bertz CT molecular complexity index is 1150. The van der Waals surface area contributed by atoms with Crippen LogP contribution in [0, 0.1) is 0 Å². The van der Waals surface area contributed by atoms with Crippen LogP contribution in [0.1, 0.15) is 24.4 Å². The van der Waals surface area contributed by atoms with E-state index in [1.54, 1.807) is 29.8 Å². The highest BCUT2D eigenvalue weighted by Crippen LogP contribution is 2.37. The zero-order valence-electron chi connectivity index (χ0n) is 18.2. The molecule has 0 bridgehead atoms. The molecule has 32 heavy (non-hydrogen) atoms. The number of benzene rings is 2. The summed E-state index contributed by atoms with van der Waals surface area (Å²) < 4.78 is 10.9. The van der Waals surface area contributed by atoms with Crippen molar-refractivity contribution in [2.24, 2.45) is 0 Å². The lowest BCUT2D eigenvalue weighted by molar-refractivity contribution is 0.209. The lowest BCUT2D eigenvalue weighted by Crippen LogP contribution is -2.46. The fraction of sp³-hybridized carbons (Fsp3) is 0.208. The smallest absolute Gasteiger partial charge is 0.322 e. The van der Waals surface area contributed by atoms with Gasteiger partial charge in [0.1, 0.15) is 5.75 Å². The molecular formula is C24H24N4O3S. The van der Waals surface area contributed by atoms with Crippen LogP contribution in [0.25, 0.3) is 17.0 Å². The van der Waals surface area contributed by atoms with E-state index in [0.29, 0.717) is 18.3 Å². The fourth-order valence-electron chi connectivity index (χ4n) is 3.64. The van der Waals surface area contributed by atoms with Gasteiger partial charge in [-0.15, -0.1) is 18.3 Å². The first-order chi connectivity index (χ1) is 15.5. The van der Waals surface area contributed by atoms with Gasteiger partial charge in [-0.25, -0.2) is 4.79 Å². The summed E-state index contributed by atoms with van der Waals surface area (Å²) in [5.74, 6) is 1.58. The maximum Gasteiger partial charge on any atom is 0.322 e. The molecule has 1 aliphatic heterocycles. The van der Waals surface area contributed by atoms with Gasteiger partial charge in [-0.1, -0.05) is 23.4 Å². The molecule has 4 rings (SSSR count). The number of aromatic nitrogens is 2. The molecule has 1 unspecified atom stereocenters. The molecule has 8 heteroatoms. The number of urea groups is 1. The second kappa shape index (κ2) is 9.32. The van der Waals surface area contributed by atoms with Gasteiger partial charge in [-0.3, -0.25) is 4.90 Å². The van der Waals surface area contributed by atoms with Gasteiger partial charge in [-0.05, 0) is 55.1 Å². The van der Waals surface area contributed by atoms with Gasteiger partial charge in [0.2, 0.25) is 5.82 Å². The van der Waals surface area contributed by atoms with Crippen LogP contribution in [0.15, 0.2) is 76.3 Å². The average molecular weight is 449 g/mol. The number of amides is 2. The Hall–Kier alpha value is -3.52. The molecule has 1 atom stereocenters. The number of thioether (sulfide) groups is 1. The van der Waals surface area contributed by atoms with Crippen molar-refractivity contribution in [3.63, 3.8) is 0 Å². The first-order valence-electron chi connectivity index (χ1n) is 10.1. The number of hydrogen-bond acceptors (Lipinski definition) is 6. The van der Waals surface area contributed by atoms with Crippen molar-refractivity contribution in [3.8, 4) is 17.1 Å². The standard InChI is InChI=1S/C24H24N4O3S/c1-5-14-28-15(2)20(21(25-24(28)29)16-8-12-19(32-4)13-9-16)23-26-22(27-31-23)17-6-10-18(30-3)11-7-17/h5-13,21H,1,14H2,2-4H3,(H,25,29). The Labute approximate surface area is 191 Å². The minimum Gasteiger partial charge on any atom is -0.497 e. The summed E-state index contributed by atoms with van der Waals surface area (Å²) in [4.78, 5) is 20.2. The predicted octanol–water partition coefficient (Wildman–Crippen LogP) is 5.15. The third kappa shape index (κ3) is 4.13. The molecule has 0 aliphatic carbocycles. The molecular weight excluding hydrogens is 424 g/mol. The molecule has 7 nitrogen and oxygen atoms in total. The highest BCUT2D eigenvalue weighted by atomic mass is 32.2. The van der Waals surface area contributed by atoms with Crippen LogP contribution in [0.3, 0.4) is 0 Å². The Morgan fingerprint density at radius 3 is 2.56 bits per heavy atom. The number of carbonyl (C=O) groups is 1. The maximum absolute atomic E-state index is 12.8. The van der Waals surface area contributed by atoms with Crippen LogP contribution in [0.2, 0.25) is 0 Å². The van der Waals surface area contributed by atoms with Crippen molar-refractivity contribution in [1.29, 1.82) is 0 Å². The Morgan fingerprint density at radius 1 is 1.22 bits per heavy atom. The van der Waals surface area contributed by atoms with Gasteiger partial charge in [0, 0.05) is 22.7 Å². The molecule has 2 amide bonds. The summed E-state index contributed by atoms with van der Waals surface area (Å²) in [6.45, 7) is 6.03. The van der Waals surface area contributed by atoms with E-state index in [-0.39, 0.29) is 6.03 Å². The zero-order chi connectivity index (χ0) is 22.7. The van der Waals surface area contributed by atoms with E-state index in [1.807, 2.05) is 61.7 Å². The molecule has 2 heterocycles. The van der Waals surface area contributed by atoms with Crippen LogP contribution in [0.5, 0.6) is 5.75 Å². The molecule has 1 N–H and O–H groups in total. The van der Waals surface area contributed by atoms with Crippen molar-refractivity contribution in [1.82, 2.24) is 20.4 Å². The average Bonchev–Trinajstić information content (AvgIpc) is 3.31. The second-order valence-corrected chi connectivity index (χ2v) is 8.09. The van der Waals surface area contributed by atoms with Crippen molar-refractivity contribution in [2.75, 3.05) is 19.9 Å². The minimum absolute atomic E-state index is 0.194. The first kappa shape index (κ1) is 21.7. The monoisotopic (exact) mass is 448 g/mol. The summed E-state index contributed by atoms with van der Waals surface area (Å²) in [6, 6.07) is 14.9. The van der Waals surface area contributed by atoms with Gasteiger partial charge in [0.15, 0.2) is 0 Å². The largest absolute Gasteiger partial charge is 0.497 e. The molecule has 1 aliphatic rings. The zero-order valence-corrected chi connectivity index (χ0v) is 19.0. The number of methoxy groups -OCH3 is 1. The van der Waals surface area contributed by atoms with E-state index in [9.17, 15) is 4.79 Å². The summed E-state index contributed by atoms with van der Waals surface area (Å²) >= 11 is 1.66. The Morgan fingerprint density at radius 2 is 1.94 bits per heavy atom. The molecule has 1 aromatic heterocycles. The summed E-state index contributed by atoms with van der Waals surface area (Å²) in [6.07, 6.45) is 3.71. The van der Waals surface area contributed by atoms with Crippen LogP contribution in [0.4, 0.5) is 4.79 Å². The lowest BCUT2D eigenvalue weighted by Gasteiger charge is -2.34. The molecule has 3 aromatic rings. The number of hydrogen-bond donors (Lipinski definition) is 1. The van der Waals surface area contributed by atoms with Crippen molar-refractivity contribution in [3.05, 3.63) is 78.3 Å². The van der Waals surface area contributed by atoms with Crippen molar-refractivity contribution < 1.29 is 14.1 Å². The molecule has 164 valence electrons. The summed E-state index contributed by atoms with van der Waals surface area (Å²) in [7, 11) is 1.62. The first-order valence-corrected chi connectivity index (χ1v) is 11.3. The van der Waals surface area contributed by atoms with E-state index in [2.05, 4.69) is 22.0 Å². The third-order valence-electron chi connectivity index (χ3n) is 5.36. The second-order valence-electron chi connectivity index (χ2n) is 7.21. The molecule has 0 radical (unpaired) electrons. The predicted molar refractivity (Wildman–Crippen MR) is 125 cm³/mol. The highest BCUT2D eigenvalue weighted by Gasteiger charge is 2.35. The minimum atomic E-state index is -0.413. The Balaban J connectivity index is 1.77. The van der Waals surface area contributed by atoms with Crippen LogP contribution in [-0.4, -0.2) is 41.0 Å². The number of carbonyl (C=O) groups excluding carboxylic acids is 1. The van der Waals surface area contributed by atoms with Crippen molar-refractivity contribution in [2.45, 2.75) is 17.9 Å². The van der Waals surface area contributed by atoms with Gasteiger partial charge >= 0.3 is 6.03 Å². The molecule has 0 saturated heterocycles. The highest BCUT2D eigenvalue weighted by molar-refractivity contribution is 7.98. The lowest BCUT2D eigenvalue weighted by atomic mass is 9.94. The summed E-state index contributed by atoms with van der Waals surface area (Å²) in [5, 5.41) is 7.26. The number of allylic oxidation sites excluding steroid dienone is 1. The number of rotatable bonds is 7. The van der Waals surface area contributed by atoms with Gasteiger partial charge in [0.05, 0.1) is 18.7 Å². The van der Waals surface area contributed by atoms with Crippen molar-refractivity contribution >= 4 is 23.4 Å². The maximum atomic E-state index is 12.8. The number of ether oxygens (including phenoxy) is 1. The summed E-state index contributed by atoms with van der Waals surface area (Å²) in [5.41, 5.74) is 3.25. The third-order valence-corrected chi connectivity index (χ3v) is 6.11. The van der Waals surface area contributed by atoms with E-state index in [0.717, 1.165) is 33.0 Å². The van der Waals surface area contributed by atoms with E-state index in [4.69, 9.17) is 9.26 Å². The van der Waals surface area contributed by atoms with E-state index < -0.39 is 6.04 Å². The molecule has 2 aromatic carbocycles. The fourth-order valence-corrected chi connectivity index (χ4v) is 4.05. The topological polar surface area (TPSA) is 80.5 Å². The number of nitrogens with zero attached hydrogens (tertiary/aromatic N) is 3. The van der Waals surface area contributed by atoms with Gasteiger partial charge in [-0.2, -0.15) is 4.98 Å². The number of nitrogens with one attached hydrogen (secondary N) is 1. The van der Waals surface area contributed by atoms with Crippen LogP contribution in [-0.2, 0) is 0 Å². The quantitative estimate of drug-likeness (QED) is 0.398. The Kier molecular flexibility index (Phi) is 6.32. The normalized spacial score (nSPS) is 16.2. The molecule has 0 spiro atoms. The van der Waals surface area contributed by atoms with E-state index in [1.165, 1.54) is 0 Å². The molecule has 0 saturated carbocycles. The SMILES string of the molecule is C=CCN1C(=O)NC(c2ccc(SC)cc2)C(c2nc(-c3ccc(OC)cc3)no2)=C1C. The molecule has 0 fully saturated rings. The van der Waals surface area contributed by atoms with Gasteiger partial charge in [0.25, 0.3) is 5.89 Å². The van der Waals surface area contributed by atoms with E-state index >= 15 is 0 Å². The van der Waals surface area contributed by atoms with Gasteiger partial charge < -0.3 is 14.6 Å². The van der Waals surface area contributed by atoms with Crippen LogP contribution >= 0.6 is 11.8 Å².